The fourth-order valence-electron chi connectivity index (χ4n) is 3.84. The fourth-order valence-corrected chi connectivity index (χ4v) is 3.84. The molecule has 6 heteroatoms. The van der Waals surface area contributed by atoms with Crippen LogP contribution >= 0.6 is 0 Å². The van der Waals surface area contributed by atoms with Gasteiger partial charge in [0.2, 0.25) is 0 Å². The van der Waals surface area contributed by atoms with E-state index in [-0.39, 0.29) is 5.91 Å². The van der Waals surface area contributed by atoms with Crippen LogP contribution in [0.3, 0.4) is 0 Å². The third-order valence-electron chi connectivity index (χ3n) is 5.32. The lowest BCUT2D eigenvalue weighted by Crippen LogP contribution is -2.47. The monoisotopic (exact) mass is 354 g/mol. The van der Waals surface area contributed by atoms with Crippen LogP contribution in [0.2, 0.25) is 0 Å². The molecule has 4 rings (SSSR count). The first-order valence-corrected chi connectivity index (χ1v) is 9.54. The number of furan rings is 1. The van der Waals surface area contributed by atoms with Crippen LogP contribution in [0.4, 0.5) is 5.82 Å². The van der Waals surface area contributed by atoms with Gasteiger partial charge in [-0.15, -0.1) is 0 Å². The van der Waals surface area contributed by atoms with Crippen molar-refractivity contribution in [2.75, 3.05) is 44.2 Å². The maximum atomic E-state index is 13.0. The molecule has 0 aliphatic carbocycles. The first-order chi connectivity index (χ1) is 12.8. The van der Waals surface area contributed by atoms with Crippen LogP contribution in [-0.2, 0) is 6.54 Å². The molecule has 1 amide bonds. The van der Waals surface area contributed by atoms with Crippen molar-refractivity contribution < 1.29 is 9.21 Å². The summed E-state index contributed by atoms with van der Waals surface area (Å²) in [7, 11) is 0. The van der Waals surface area contributed by atoms with Crippen LogP contribution in [0.15, 0.2) is 41.3 Å². The molecule has 2 aromatic heterocycles. The second-order valence-electron chi connectivity index (χ2n) is 7.12. The number of nitrogens with zero attached hydrogens (tertiary/aromatic N) is 4. The molecule has 138 valence electrons. The van der Waals surface area contributed by atoms with Crippen LogP contribution < -0.4 is 4.90 Å². The topological polar surface area (TPSA) is 52.8 Å². The fraction of sp³-hybridized carbons (Fsp3) is 0.500. The van der Waals surface area contributed by atoms with E-state index in [1.165, 1.54) is 12.0 Å². The molecule has 2 aromatic rings. The summed E-state index contributed by atoms with van der Waals surface area (Å²) < 4.78 is 5.16. The number of aromatic nitrogens is 1. The second-order valence-corrected chi connectivity index (χ2v) is 7.12. The van der Waals surface area contributed by atoms with Gasteiger partial charge in [-0.25, -0.2) is 4.98 Å². The lowest BCUT2D eigenvalue weighted by Gasteiger charge is -2.36. The molecule has 0 radical (unpaired) electrons. The standard InChI is InChI=1S/C20H26N4O2/c25-20(24-8-2-1-3-9-24)18-5-4-7-21-19(18)23-12-10-22(11-13-23)15-17-6-14-26-16-17/h4-7,14,16H,1-3,8-13,15H2. The van der Waals surface area contributed by atoms with Gasteiger partial charge in [0.25, 0.3) is 5.91 Å². The predicted molar refractivity (Wildman–Crippen MR) is 100 cm³/mol. The van der Waals surface area contributed by atoms with Crippen molar-refractivity contribution in [2.24, 2.45) is 0 Å². The van der Waals surface area contributed by atoms with E-state index in [4.69, 9.17) is 4.42 Å². The lowest BCUT2D eigenvalue weighted by atomic mass is 10.1. The summed E-state index contributed by atoms with van der Waals surface area (Å²) >= 11 is 0. The quantitative estimate of drug-likeness (QED) is 0.845. The van der Waals surface area contributed by atoms with Gasteiger partial charge in [-0.2, -0.15) is 0 Å². The van der Waals surface area contributed by atoms with Crippen molar-refractivity contribution in [3.63, 3.8) is 0 Å². The molecule has 6 nitrogen and oxygen atoms in total. The summed E-state index contributed by atoms with van der Waals surface area (Å²) in [5, 5.41) is 0. The van der Waals surface area contributed by atoms with Gasteiger partial charge < -0.3 is 14.2 Å². The van der Waals surface area contributed by atoms with E-state index in [2.05, 4.69) is 14.8 Å². The Balaban J connectivity index is 1.43. The molecule has 0 spiro atoms. The molecule has 26 heavy (non-hydrogen) atoms. The second kappa shape index (κ2) is 7.91. The van der Waals surface area contributed by atoms with Crippen molar-refractivity contribution in [1.82, 2.24) is 14.8 Å². The summed E-state index contributed by atoms with van der Waals surface area (Å²) in [5.41, 5.74) is 1.95. The Bertz CT molecular complexity index is 717. The normalized spacial score (nSPS) is 18.9. The van der Waals surface area contributed by atoms with Crippen molar-refractivity contribution in [2.45, 2.75) is 25.8 Å². The van der Waals surface area contributed by atoms with Crippen LogP contribution in [0, 0.1) is 0 Å². The van der Waals surface area contributed by atoms with E-state index in [0.29, 0.717) is 0 Å². The van der Waals surface area contributed by atoms with Crippen molar-refractivity contribution in [3.05, 3.63) is 48.0 Å². The van der Waals surface area contributed by atoms with Crippen molar-refractivity contribution in [1.29, 1.82) is 0 Å². The Kier molecular flexibility index (Phi) is 5.20. The van der Waals surface area contributed by atoms with Crippen LogP contribution in [0.5, 0.6) is 0 Å². The number of pyridine rings is 1. The molecule has 0 atom stereocenters. The smallest absolute Gasteiger partial charge is 0.257 e. The highest BCUT2D eigenvalue weighted by molar-refractivity contribution is 5.99. The maximum Gasteiger partial charge on any atom is 0.257 e. The highest BCUT2D eigenvalue weighted by Crippen LogP contribution is 2.23. The zero-order valence-corrected chi connectivity index (χ0v) is 15.1. The highest BCUT2D eigenvalue weighted by atomic mass is 16.3. The molecule has 2 fully saturated rings. The number of hydrogen-bond acceptors (Lipinski definition) is 5. The Hall–Kier alpha value is -2.34. The van der Waals surface area contributed by atoms with Gasteiger partial charge in [-0.1, -0.05) is 0 Å². The molecule has 0 N–H and O–H groups in total. The molecule has 2 saturated heterocycles. The molecule has 0 unspecified atom stereocenters. The zero-order chi connectivity index (χ0) is 17.8. The summed E-state index contributed by atoms with van der Waals surface area (Å²) in [6.45, 7) is 6.33. The average molecular weight is 354 g/mol. The van der Waals surface area contributed by atoms with Gasteiger partial charge >= 0.3 is 0 Å². The lowest BCUT2D eigenvalue weighted by molar-refractivity contribution is 0.0724. The van der Waals surface area contributed by atoms with Crippen molar-refractivity contribution in [3.8, 4) is 0 Å². The number of rotatable bonds is 4. The van der Waals surface area contributed by atoms with Crippen LogP contribution in [-0.4, -0.2) is 60.0 Å². The van der Waals surface area contributed by atoms with E-state index in [9.17, 15) is 4.79 Å². The Morgan fingerprint density at radius 2 is 1.85 bits per heavy atom. The molecule has 4 heterocycles. The van der Waals surface area contributed by atoms with Crippen molar-refractivity contribution >= 4 is 11.7 Å². The van der Waals surface area contributed by atoms with Gasteiger partial charge in [-0.3, -0.25) is 9.69 Å². The maximum absolute atomic E-state index is 13.0. The van der Waals surface area contributed by atoms with E-state index >= 15 is 0 Å². The first-order valence-electron chi connectivity index (χ1n) is 9.54. The van der Waals surface area contributed by atoms with Gasteiger partial charge in [0, 0.05) is 57.6 Å². The number of anilines is 1. The third-order valence-corrected chi connectivity index (χ3v) is 5.32. The average Bonchev–Trinajstić information content (AvgIpc) is 3.22. The van der Waals surface area contributed by atoms with E-state index < -0.39 is 0 Å². The Morgan fingerprint density at radius 3 is 2.58 bits per heavy atom. The number of amides is 1. The summed E-state index contributed by atoms with van der Waals surface area (Å²) in [4.78, 5) is 24.2. The molecule has 0 aromatic carbocycles. The predicted octanol–water partition coefficient (Wildman–Crippen LogP) is 2.62. The third kappa shape index (κ3) is 3.75. The number of carbonyl (C=O) groups excluding carboxylic acids is 1. The number of carbonyl (C=O) groups is 1. The highest BCUT2D eigenvalue weighted by Gasteiger charge is 2.26. The Morgan fingerprint density at radius 1 is 1.04 bits per heavy atom. The molecule has 0 saturated carbocycles. The molecule has 0 bridgehead atoms. The Labute approximate surface area is 154 Å². The largest absolute Gasteiger partial charge is 0.472 e. The molecular formula is C20H26N4O2. The van der Waals surface area contributed by atoms with E-state index in [1.54, 1.807) is 18.7 Å². The van der Waals surface area contributed by atoms with Crippen LogP contribution in [0.25, 0.3) is 0 Å². The first kappa shape index (κ1) is 17.1. The summed E-state index contributed by atoms with van der Waals surface area (Å²) in [6, 6.07) is 5.81. The molecule has 2 aliphatic heterocycles. The number of likely N-dealkylation sites (tertiary alicyclic amines) is 1. The SMILES string of the molecule is O=C(c1cccnc1N1CCN(Cc2ccoc2)CC1)N1CCCCC1. The number of piperazine rings is 1. The summed E-state index contributed by atoms with van der Waals surface area (Å²) in [5.74, 6) is 0.972. The van der Waals surface area contributed by atoms with E-state index in [1.807, 2.05) is 23.1 Å². The minimum atomic E-state index is 0.133. The summed E-state index contributed by atoms with van der Waals surface area (Å²) in [6.07, 6.45) is 8.75. The van der Waals surface area contributed by atoms with Gasteiger partial charge in [0.05, 0.1) is 18.1 Å². The number of hydrogen-bond donors (Lipinski definition) is 0. The van der Waals surface area contributed by atoms with Crippen LogP contribution in [0.1, 0.15) is 35.2 Å². The minimum Gasteiger partial charge on any atom is -0.472 e. The van der Waals surface area contributed by atoms with E-state index in [0.717, 1.165) is 70.0 Å². The zero-order valence-electron chi connectivity index (χ0n) is 15.1. The van der Waals surface area contributed by atoms with Gasteiger partial charge in [-0.05, 0) is 37.5 Å². The minimum absolute atomic E-state index is 0.133. The van der Waals surface area contributed by atoms with Gasteiger partial charge in [0.1, 0.15) is 5.82 Å². The molecule has 2 aliphatic rings. The van der Waals surface area contributed by atoms with Gasteiger partial charge in [0.15, 0.2) is 0 Å². The number of piperidine rings is 1. The molecular weight excluding hydrogens is 328 g/mol.